The van der Waals surface area contributed by atoms with E-state index < -0.39 is 6.04 Å². The first-order chi connectivity index (χ1) is 15.4. The molecule has 32 heavy (non-hydrogen) atoms. The SMILES string of the molecule is CCC(C(=O)NCc1ccccc1)n1nc(C)c2c(C)n(-c3ccc(C)cc3)nc2c1=O. The van der Waals surface area contributed by atoms with Crippen LogP contribution < -0.4 is 10.9 Å². The van der Waals surface area contributed by atoms with Crippen LogP contribution in [-0.4, -0.2) is 25.5 Å². The van der Waals surface area contributed by atoms with Crippen molar-refractivity contribution in [1.82, 2.24) is 24.9 Å². The molecule has 0 spiro atoms. The molecule has 2 aromatic heterocycles. The summed E-state index contributed by atoms with van der Waals surface area (Å²) >= 11 is 0. The third-order valence-corrected chi connectivity index (χ3v) is 5.72. The summed E-state index contributed by atoms with van der Waals surface area (Å²) in [7, 11) is 0. The zero-order chi connectivity index (χ0) is 22.8. The number of nitrogens with zero attached hydrogens (tertiary/aromatic N) is 4. The van der Waals surface area contributed by atoms with E-state index in [1.54, 1.807) is 4.68 Å². The van der Waals surface area contributed by atoms with E-state index in [0.29, 0.717) is 24.2 Å². The molecule has 1 amide bonds. The van der Waals surface area contributed by atoms with Crippen molar-refractivity contribution in [1.29, 1.82) is 0 Å². The highest BCUT2D eigenvalue weighted by molar-refractivity contribution is 5.84. The average Bonchev–Trinajstić information content (AvgIpc) is 3.15. The van der Waals surface area contributed by atoms with Gasteiger partial charge in [-0.05, 0) is 44.9 Å². The number of amides is 1. The van der Waals surface area contributed by atoms with Crippen LogP contribution in [0.3, 0.4) is 0 Å². The third kappa shape index (κ3) is 3.93. The van der Waals surface area contributed by atoms with Crippen LogP contribution in [0.2, 0.25) is 0 Å². The molecule has 7 nitrogen and oxygen atoms in total. The van der Waals surface area contributed by atoms with Crippen molar-refractivity contribution in [2.75, 3.05) is 0 Å². The molecule has 1 unspecified atom stereocenters. The minimum atomic E-state index is -0.709. The van der Waals surface area contributed by atoms with Crippen molar-refractivity contribution < 1.29 is 4.79 Å². The molecule has 1 N–H and O–H groups in total. The first kappa shape index (κ1) is 21.5. The molecule has 2 aromatic carbocycles. The molecular weight excluding hydrogens is 402 g/mol. The van der Waals surface area contributed by atoms with Gasteiger partial charge in [-0.25, -0.2) is 9.36 Å². The average molecular weight is 430 g/mol. The first-order valence-corrected chi connectivity index (χ1v) is 10.8. The van der Waals surface area contributed by atoms with Gasteiger partial charge in [0, 0.05) is 6.54 Å². The van der Waals surface area contributed by atoms with Crippen LogP contribution in [0.5, 0.6) is 0 Å². The van der Waals surface area contributed by atoms with Gasteiger partial charge in [-0.3, -0.25) is 9.59 Å². The Morgan fingerprint density at radius 3 is 2.34 bits per heavy atom. The van der Waals surface area contributed by atoms with E-state index in [-0.39, 0.29) is 11.5 Å². The zero-order valence-electron chi connectivity index (χ0n) is 18.8. The number of carbonyl (C=O) groups is 1. The lowest BCUT2D eigenvalue weighted by Gasteiger charge is -2.17. The van der Waals surface area contributed by atoms with E-state index >= 15 is 0 Å². The molecule has 0 aliphatic carbocycles. The fraction of sp³-hybridized carbons (Fsp3) is 0.280. The first-order valence-electron chi connectivity index (χ1n) is 10.8. The molecule has 1 atom stereocenters. The Hall–Kier alpha value is -3.74. The molecule has 0 radical (unpaired) electrons. The number of aryl methyl sites for hydroxylation is 3. The summed E-state index contributed by atoms with van der Waals surface area (Å²) in [6.45, 7) is 8.07. The maximum Gasteiger partial charge on any atom is 0.295 e. The second kappa shape index (κ2) is 8.78. The van der Waals surface area contributed by atoms with Crippen LogP contribution in [0.15, 0.2) is 59.4 Å². The fourth-order valence-corrected chi connectivity index (χ4v) is 3.97. The number of carbonyl (C=O) groups excluding carboxylic acids is 1. The highest BCUT2D eigenvalue weighted by atomic mass is 16.2. The van der Waals surface area contributed by atoms with E-state index in [4.69, 9.17) is 0 Å². The van der Waals surface area contributed by atoms with Crippen molar-refractivity contribution in [3.05, 3.63) is 87.5 Å². The number of fused-ring (bicyclic) bond motifs is 1. The Labute approximate surface area is 186 Å². The van der Waals surface area contributed by atoms with Crippen LogP contribution in [0.25, 0.3) is 16.6 Å². The third-order valence-electron chi connectivity index (χ3n) is 5.72. The lowest BCUT2D eigenvalue weighted by molar-refractivity contribution is -0.125. The highest BCUT2D eigenvalue weighted by Gasteiger charge is 2.25. The molecule has 0 saturated carbocycles. The van der Waals surface area contributed by atoms with Gasteiger partial charge in [-0.1, -0.05) is 55.0 Å². The standard InChI is InChI=1S/C25H27N5O2/c1-5-21(24(31)26-15-19-9-7-6-8-10-19)30-25(32)23-22(17(3)27-30)18(4)29(28-23)20-13-11-16(2)12-14-20/h6-14,21H,5,15H2,1-4H3,(H,26,31). The number of nitrogens with one attached hydrogen (secondary N) is 1. The van der Waals surface area contributed by atoms with Crippen molar-refractivity contribution in [3.63, 3.8) is 0 Å². The largest absolute Gasteiger partial charge is 0.350 e. The number of aromatic nitrogens is 4. The van der Waals surface area contributed by atoms with Crippen LogP contribution in [-0.2, 0) is 11.3 Å². The molecule has 0 saturated heterocycles. The molecule has 4 aromatic rings. The van der Waals surface area contributed by atoms with Crippen LogP contribution in [0.4, 0.5) is 0 Å². The topological polar surface area (TPSA) is 81.8 Å². The number of hydrogen-bond donors (Lipinski definition) is 1. The van der Waals surface area contributed by atoms with E-state index in [1.165, 1.54) is 4.68 Å². The molecular formula is C25H27N5O2. The predicted molar refractivity (Wildman–Crippen MR) is 125 cm³/mol. The van der Waals surface area contributed by atoms with Crippen molar-refractivity contribution in [2.24, 2.45) is 0 Å². The summed E-state index contributed by atoms with van der Waals surface area (Å²) in [5, 5.41) is 12.8. The molecule has 2 heterocycles. The lowest BCUT2D eigenvalue weighted by Crippen LogP contribution is -2.38. The normalized spacial score (nSPS) is 12.1. The second-order valence-corrected chi connectivity index (χ2v) is 8.02. The van der Waals surface area contributed by atoms with Crippen LogP contribution in [0, 0.1) is 20.8 Å². The van der Waals surface area contributed by atoms with Gasteiger partial charge in [-0.2, -0.15) is 10.2 Å². The summed E-state index contributed by atoms with van der Waals surface area (Å²) in [5.74, 6) is -0.237. The van der Waals surface area contributed by atoms with Gasteiger partial charge in [-0.15, -0.1) is 0 Å². The monoisotopic (exact) mass is 429 g/mol. The molecule has 0 aliphatic rings. The Balaban J connectivity index is 1.72. The van der Waals surface area contributed by atoms with Gasteiger partial charge < -0.3 is 5.32 Å². The highest BCUT2D eigenvalue weighted by Crippen LogP contribution is 2.22. The zero-order valence-corrected chi connectivity index (χ0v) is 18.8. The van der Waals surface area contributed by atoms with E-state index in [1.807, 2.05) is 82.3 Å². The minimum absolute atomic E-state index is 0.237. The van der Waals surface area contributed by atoms with Gasteiger partial charge in [0.05, 0.1) is 22.5 Å². The van der Waals surface area contributed by atoms with Gasteiger partial charge in [0.25, 0.3) is 5.56 Å². The number of rotatable bonds is 6. The predicted octanol–water partition coefficient (Wildman–Crippen LogP) is 3.77. The minimum Gasteiger partial charge on any atom is -0.350 e. The van der Waals surface area contributed by atoms with Crippen molar-refractivity contribution >= 4 is 16.8 Å². The maximum atomic E-state index is 13.4. The molecule has 164 valence electrons. The summed E-state index contributed by atoms with van der Waals surface area (Å²) in [6.07, 6.45) is 0.441. The summed E-state index contributed by atoms with van der Waals surface area (Å²) in [5.41, 5.74) is 4.50. The van der Waals surface area contributed by atoms with Crippen molar-refractivity contribution in [3.8, 4) is 5.69 Å². The van der Waals surface area contributed by atoms with Gasteiger partial charge in [0.1, 0.15) is 6.04 Å². The molecule has 0 bridgehead atoms. The Bertz CT molecular complexity index is 1320. The lowest BCUT2D eigenvalue weighted by atomic mass is 10.1. The van der Waals surface area contributed by atoms with Crippen molar-refractivity contribution in [2.45, 2.75) is 46.7 Å². The number of benzene rings is 2. The quantitative estimate of drug-likeness (QED) is 0.506. The maximum absolute atomic E-state index is 13.4. The molecule has 4 rings (SSSR count). The second-order valence-electron chi connectivity index (χ2n) is 8.02. The van der Waals surface area contributed by atoms with E-state index in [0.717, 1.165) is 27.9 Å². The number of hydrogen-bond acceptors (Lipinski definition) is 4. The molecule has 0 aliphatic heterocycles. The summed E-state index contributed by atoms with van der Waals surface area (Å²) in [4.78, 5) is 26.3. The Morgan fingerprint density at radius 2 is 1.69 bits per heavy atom. The van der Waals surface area contributed by atoms with Crippen LogP contribution >= 0.6 is 0 Å². The summed E-state index contributed by atoms with van der Waals surface area (Å²) in [6, 6.07) is 16.9. The smallest absolute Gasteiger partial charge is 0.295 e. The van der Waals surface area contributed by atoms with Gasteiger partial charge >= 0.3 is 0 Å². The van der Waals surface area contributed by atoms with E-state index in [2.05, 4.69) is 15.5 Å². The fourth-order valence-electron chi connectivity index (χ4n) is 3.97. The van der Waals surface area contributed by atoms with Gasteiger partial charge in [0.15, 0.2) is 5.52 Å². The molecule has 7 heteroatoms. The van der Waals surface area contributed by atoms with E-state index in [9.17, 15) is 9.59 Å². The van der Waals surface area contributed by atoms with Gasteiger partial charge in [0.2, 0.25) is 5.91 Å². The summed E-state index contributed by atoms with van der Waals surface area (Å²) < 4.78 is 3.05. The van der Waals surface area contributed by atoms with Crippen LogP contribution in [0.1, 0.15) is 41.9 Å². The Morgan fingerprint density at radius 1 is 1.00 bits per heavy atom. The Kier molecular flexibility index (Phi) is 5.90. The molecule has 0 fully saturated rings.